The van der Waals surface area contributed by atoms with E-state index in [0.717, 1.165) is 15.8 Å². The fourth-order valence-electron chi connectivity index (χ4n) is 6.41. The molecular formula is C34H36F8N4O6S. The van der Waals surface area contributed by atoms with Crippen molar-refractivity contribution in [3.8, 4) is 5.75 Å². The zero-order valence-electron chi connectivity index (χ0n) is 28.5. The molecule has 0 radical (unpaired) electrons. The van der Waals surface area contributed by atoms with Gasteiger partial charge in [-0.1, -0.05) is 6.07 Å². The van der Waals surface area contributed by atoms with Crippen LogP contribution in [-0.4, -0.2) is 103 Å². The zero-order valence-corrected chi connectivity index (χ0v) is 29.3. The van der Waals surface area contributed by atoms with Crippen LogP contribution in [-0.2, 0) is 21.0 Å². The average molecular weight is 781 g/mol. The number of aryl methyl sites for hydroxylation is 2. The predicted molar refractivity (Wildman–Crippen MR) is 176 cm³/mol. The summed E-state index contributed by atoms with van der Waals surface area (Å²) in [6.45, 7) is 0.506. The van der Waals surface area contributed by atoms with Gasteiger partial charge < -0.3 is 20.1 Å². The maximum Gasteiger partial charge on any atom is 0.419 e. The average Bonchev–Trinajstić information content (AvgIpc) is 3.41. The first kappa shape index (κ1) is 40.1. The van der Waals surface area contributed by atoms with Crippen LogP contribution in [0.1, 0.15) is 63.9 Å². The summed E-state index contributed by atoms with van der Waals surface area (Å²) in [6.07, 6.45) is -7.91. The third-order valence-corrected chi connectivity index (χ3v) is 11.2. The van der Waals surface area contributed by atoms with Gasteiger partial charge in [0, 0.05) is 42.7 Å². The van der Waals surface area contributed by atoms with Crippen LogP contribution >= 0.6 is 0 Å². The number of benzene rings is 2. The molecule has 0 atom stereocenters. The Morgan fingerprint density at radius 2 is 1.62 bits per heavy atom. The third-order valence-electron chi connectivity index (χ3n) is 9.67. The Kier molecular flexibility index (Phi) is 11.1. The first-order chi connectivity index (χ1) is 24.6. The predicted octanol–water partition coefficient (Wildman–Crippen LogP) is 5.25. The highest BCUT2D eigenvalue weighted by Gasteiger charge is 2.48. The molecule has 1 spiro atoms. The number of ether oxygens (including phenoxy) is 1. The number of halogens is 8. The fraction of sp³-hybridized carbons (Fsp3) is 0.500. The molecule has 3 aliphatic heterocycles. The normalized spacial score (nSPS) is 19.6. The van der Waals surface area contributed by atoms with E-state index in [1.54, 1.807) is 26.0 Å². The van der Waals surface area contributed by atoms with Crippen molar-refractivity contribution >= 4 is 33.7 Å². The van der Waals surface area contributed by atoms with Crippen molar-refractivity contribution in [3.05, 3.63) is 69.1 Å². The van der Waals surface area contributed by atoms with Crippen molar-refractivity contribution in [2.45, 2.75) is 69.2 Å². The highest BCUT2D eigenvalue weighted by molar-refractivity contribution is 7.92. The number of hydrogen-bond acceptors (Lipinski definition) is 7. The monoisotopic (exact) mass is 780 g/mol. The van der Waals surface area contributed by atoms with Gasteiger partial charge in [-0.05, 0) is 86.6 Å². The maximum absolute atomic E-state index is 13.5. The molecule has 2 fully saturated rings. The molecule has 10 nitrogen and oxygen atoms in total. The number of carbonyl (C=O) groups is 2. The molecule has 2 N–H and O–H groups in total. The third kappa shape index (κ3) is 8.51. The molecule has 0 bridgehead atoms. The summed E-state index contributed by atoms with van der Waals surface area (Å²) in [7, 11) is -4.05. The summed E-state index contributed by atoms with van der Waals surface area (Å²) < 4.78 is 138. The SMILES string of the molecule is Cc1cc(C(=O)N2CCC(O)(CF)CC2)cc(C)c1/C=C/S(=O)(=O)N1CCC2(CC1)N=C(c1ccc(C(F)(F)F)c(OCC(F)(F)C(F)F)c1)NC2=O. The second-order valence-corrected chi connectivity index (χ2v) is 15.2. The maximum atomic E-state index is 13.5. The molecule has 0 aromatic heterocycles. The van der Waals surface area contributed by atoms with Gasteiger partial charge in [-0.3, -0.25) is 14.6 Å². The Hall–Kier alpha value is -4.10. The van der Waals surface area contributed by atoms with Gasteiger partial charge in [0.1, 0.15) is 23.8 Å². The van der Waals surface area contributed by atoms with Crippen molar-refractivity contribution in [1.29, 1.82) is 0 Å². The van der Waals surface area contributed by atoms with Crippen molar-refractivity contribution in [3.63, 3.8) is 0 Å². The quantitative estimate of drug-likeness (QED) is 0.318. The van der Waals surface area contributed by atoms with Crippen molar-refractivity contribution in [1.82, 2.24) is 14.5 Å². The summed E-state index contributed by atoms with van der Waals surface area (Å²) in [5.74, 6) is -7.12. The first-order valence-electron chi connectivity index (χ1n) is 16.4. The molecule has 2 saturated heterocycles. The van der Waals surface area contributed by atoms with E-state index < -0.39 is 70.2 Å². The van der Waals surface area contributed by atoms with Gasteiger partial charge in [0.25, 0.3) is 11.8 Å². The van der Waals surface area contributed by atoms with Crippen molar-refractivity contribution in [2.24, 2.45) is 4.99 Å². The summed E-state index contributed by atoms with van der Waals surface area (Å²) >= 11 is 0. The largest absolute Gasteiger partial charge is 0.486 e. The lowest BCUT2D eigenvalue weighted by molar-refractivity contribution is -0.153. The Morgan fingerprint density at radius 3 is 2.17 bits per heavy atom. The number of amidine groups is 1. The molecule has 0 aliphatic carbocycles. The van der Waals surface area contributed by atoms with E-state index in [1.165, 1.54) is 11.0 Å². The molecule has 0 saturated carbocycles. The molecule has 3 aliphatic rings. The molecule has 3 heterocycles. The van der Waals surface area contributed by atoms with Gasteiger partial charge in [-0.2, -0.15) is 26.3 Å². The van der Waals surface area contributed by atoms with E-state index >= 15 is 0 Å². The minimum Gasteiger partial charge on any atom is -0.486 e. The Morgan fingerprint density at radius 1 is 1.02 bits per heavy atom. The first-order valence-corrected chi connectivity index (χ1v) is 17.9. The second kappa shape index (κ2) is 14.6. The Bertz CT molecular complexity index is 1900. The van der Waals surface area contributed by atoms with Gasteiger partial charge in [0.15, 0.2) is 6.61 Å². The molecule has 5 rings (SSSR count). The van der Waals surface area contributed by atoms with Crippen LogP contribution < -0.4 is 10.1 Å². The van der Waals surface area contributed by atoms with E-state index in [9.17, 15) is 58.2 Å². The molecule has 2 amide bonds. The molecule has 0 unspecified atom stereocenters. The molecule has 19 heteroatoms. The lowest BCUT2D eigenvalue weighted by Crippen LogP contribution is -2.50. The van der Waals surface area contributed by atoms with Crippen LogP contribution in [0, 0.1) is 13.8 Å². The number of aliphatic imine (C=N–C) groups is 1. The highest BCUT2D eigenvalue weighted by atomic mass is 32.2. The van der Waals surface area contributed by atoms with E-state index in [2.05, 4.69) is 15.0 Å². The number of aliphatic hydroxyl groups is 1. The molecule has 2 aromatic rings. The van der Waals surface area contributed by atoms with E-state index in [-0.39, 0.29) is 69.2 Å². The van der Waals surface area contributed by atoms with Crippen molar-refractivity contribution in [2.75, 3.05) is 39.5 Å². The second-order valence-electron chi connectivity index (χ2n) is 13.4. The molecule has 2 aromatic carbocycles. The zero-order chi connectivity index (χ0) is 39.1. The standard InChI is InChI=1S/C34H36F8N4O6S/c1-20-15-23(28(47)45-10-6-31(49,18-35)7-11-45)16-21(2)24(20)5-14-53(50,51)46-12-8-32(9-13-46)30(48)43-27(44-32)22-3-4-25(34(40,41)42)26(17-22)52-19-33(38,39)29(36)37/h3-5,14-17,29,49H,6-13,18-19H2,1-2H3,(H,43,44,48)/b14-5+. The lowest BCUT2D eigenvalue weighted by atomic mass is 9.89. The van der Waals surface area contributed by atoms with Gasteiger partial charge in [-0.15, -0.1) is 0 Å². The Labute approximate surface area is 299 Å². The van der Waals surface area contributed by atoms with Crippen LogP contribution in [0.4, 0.5) is 35.1 Å². The number of rotatable bonds is 10. The number of nitrogens with one attached hydrogen (secondary N) is 1. The summed E-state index contributed by atoms with van der Waals surface area (Å²) in [6, 6.07) is 5.26. The van der Waals surface area contributed by atoms with E-state index in [4.69, 9.17) is 0 Å². The summed E-state index contributed by atoms with van der Waals surface area (Å²) in [5.41, 5.74) is -2.51. The van der Waals surface area contributed by atoms with Crippen LogP contribution in [0.2, 0.25) is 0 Å². The van der Waals surface area contributed by atoms with Gasteiger partial charge in [0.2, 0.25) is 10.0 Å². The number of carbonyl (C=O) groups excluding carboxylic acids is 2. The smallest absolute Gasteiger partial charge is 0.419 e. The van der Waals surface area contributed by atoms with Crippen LogP contribution in [0.25, 0.3) is 6.08 Å². The number of nitrogens with zero attached hydrogens (tertiary/aromatic N) is 3. The van der Waals surface area contributed by atoms with Crippen molar-refractivity contribution < 1.29 is 63.0 Å². The Balaban J connectivity index is 1.27. The number of likely N-dealkylation sites (tertiary alicyclic amines) is 1. The minimum absolute atomic E-state index is 0.107. The van der Waals surface area contributed by atoms with Gasteiger partial charge >= 0.3 is 18.5 Å². The van der Waals surface area contributed by atoms with Crippen LogP contribution in [0.15, 0.2) is 40.7 Å². The number of sulfonamides is 1. The number of hydrogen-bond donors (Lipinski definition) is 2. The minimum atomic E-state index is -5.09. The number of piperidine rings is 2. The molecular weight excluding hydrogens is 744 g/mol. The molecule has 290 valence electrons. The highest BCUT2D eigenvalue weighted by Crippen LogP contribution is 2.39. The van der Waals surface area contributed by atoms with Gasteiger partial charge in [-0.25, -0.2) is 21.6 Å². The molecule has 53 heavy (non-hydrogen) atoms. The van der Waals surface area contributed by atoms with Gasteiger partial charge in [0.05, 0.1) is 11.2 Å². The van der Waals surface area contributed by atoms with E-state index in [1.807, 2.05) is 0 Å². The van der Waals surface area contributed by atoms with Crippen LogP contribution in [0.3, 0.4) is 0 Å². The number of alkyl halides is 8. The summed E-state index contributed by atoms with van der Waals surface area (Å²) in [5, 5.41) is 13.6. The van der Waals surface area contributed by atoms with Crippen LogP contribution in [0.5, 0.6) is 5.75 Å². The summed E-state index contributed by atoms with van der Waals surface area (Å²) in [4.78, 5) is 32.1. The fourth-order valence-corrected chi connectivity index (χ4v) is 7.58. The van der Waals surface area contributed by atoms with E-state index in [0.29, 0.717) is 34.4 Å². The lowest BCUT2D eigenvalue weighted by Gasteiger charge is -2.36. The number of amides is 2. The topological polar surface area (TPSA) is 129 Å².